The van der Waals surface area contributed by atoms with E-state index in [4.69, 9.17) is 0 Å². The van der Waals surface area contributed by atoms with Gasteiger partial charge in [-0.3, -0.25) is 0 Å². The van der Waals surface area contributed by atoms with Crippen LogP contribution in [0.4, 0.5) is 0 Å². The number of carbonyl (C=O) groups excluding carboxylic acids is 1. The molecule has 2 heterocycles. The Kier molecular flexibility index (Phi) is 5.10. The first kappa shape index (κ1) is 15.4. The van der Waals surface area contributed by atoms with Gasteiger partial charge in [0.05, 0.1) is 0 Å². The van der Waals surface area contributed by atoms with Gasteiger partial charge in [0.2, 0.25) is 6.08 Å². The van der Waals surface area contributed by atoms with Crippen molar-refractivity contribution in [1.29, 1.82) is 0 Å². The van der Waals surface area contributed by atoms with Gasteiger partial charge in [0.1, 0.15) is 10.4 Å². The number of aryl methyl sites for hydroxylation is 1. The topological polar surface area (TPSA) is 66.8 Å². The molecular formula is C13H18N2O3S2. The number of sulfonamides is 1. The van der Waals surface area contributed by atoms with Crippen molar-refractivity contribution >= 4 is 27.4 Å². The van der Waals surface area contributed by atoms with Crippen LogP contribution < -0.4 is 0 Å². The lowest BCUT2D eigenvalue weighted by molar-refractivity contribution is 0.331. The maximum Gasteiger partial charge on any atom is 0.254 e. The summed E-state index contributed by atoms with van der Waals surface area (Å²) in [5.74, 6) is 0. The number of nitrogens with zero attached hydrogens (tertiary/aromatic N) is 2. The zero-order valence-electron chi connectivity index (χ0n) is 11.4. The zero-order chi connectivity index (χ0) is 14.6. The first-order valence-corrected chi connectivity index (χ1v) is 9.02. The number of rotatable bonds is 4. The van der Waals surface area contributed by atoms with Crippen LogP contribution in [0.25, 0.3) is 0 Å². The van der Waals surface area contributed by atoms with E-state index in [1.807, 2.05) is 13.0 Å². The van der Waals surface area contributed by atoms with E-state index < -0.39 is 16.2 Å². The fourth-order valence-electron chi connectivity index (χ4n) is 2.34. The van der Waals surface area contributed by atoms with E-state index in [0.29, 0.717) is 17.2 Å². The summed E-state index contributed by atoms with van der Waals surface area (Å²) >= 11 is 1.29. The molecule has 0 spiro atoms. The van der Waals surface area contributed by atoms with Crippen molar-refractivity contribution in [3.8, 4) is 0 Å². The van der Waals surface area contributed by atoms with E-state index in [1.165, 1.54) is 21.7 Å². The normalized spacial score (nSPS) is 21.1. The van der Waals surface area contributed by atoms with E-state index in [1.54, 1.807) is 6.07 Å². The number of isocyanates is 1. The van der Waals surface area contributed by atoms with E-state index in [0.717, 1.165) is 30.6 Å². The highest BCUT2D eigenvalue weighted by Crippen LogP contribution is 2.29. The monoisotopic (exact) mass is 314 g/mol. The Labute approximate surface area is 123 Å². The first-order chi connectivity index (χ1) is 9.59. The highest BCUT2D eigenvalue weighted by atomic mass is 32.2. The van der Waals surface area contributed by atoms with Crippen LogP contribution in [0.3, 0.4) is 0 Å². The second-order valence-corrected chi connectivity index (χ2v) is 8.03. The summed E-state index contributed by atoms with van der Waals surface area (Å²) in [4.78, 5) is 15.3. The van der Waals surface area contributed by atoms with Gasteiger partial charge in [0.25, 0.3) is 10.0 Å². The Morgan fingerprint density at radius 1 is 1.40 bits per heavy atom. The molecule has 0 radical (unpaired) electrons. The molecule has 20 heavy (non-hydrogen) atoms. The molecule has 1 unspecified atom stereocenters. The Bertz CT molecular complexity index is 603. The summed E-state index contributed by atoms with van der Waals surface area (Å²) in [6.07, 6.45) is 4.95. The molecule has 1 aromatic rings. The summed E-state index contributed by atoms with van der Waals surface area (Å²) in [6.45, 7) is 2.41. The van der Waals surface area contributed by atoms with Crippen molar-refractivity contribution in [2.75, 3.05) is 6.54 Å². The minimum Gasteiger partial charge on any atom is -0.211 e. The minimum absolute atomic E-state index is 0.336. The Morgan fingerprint density at radius 2 is 2.20 bits per heavy atom. The van der Waals surface area contributed by atoms with Gasteiger partial charge >= 0.3 is 0 Å². The number of aliphatic imine (C=N–C) groups is 1. The summed E-state index contributed by atoms with van der Waals surface area (Å²) in [5.41, 5.74) is 0. The van der Waals surface area contributed by atoms with Crippen LogP contribution in [-0.2, 0) is 21.2 Å². The highest BCUT2D eigenvalue weighted by molar-refractivity contribution is 7.91. The second kappa shape index (κ2) is 6.63. The smallest absolute Gasteiger partial charge is 0.211 e. The van der Waals surface area contributed by atoms with Crippen molar-refractivity contribution in [3.63, 3.8) is 0 Å². The van der Waals surface area contributed by atoms with Gasteiger partial charge in [-0.1, -0.05) is 13.3 Å². The SMILES string of the molecule is CCc1ccc(S(=O)(=O)N2CCCCCC2N=C=O)s1. The van der Waals surface area contributed by atoms with Crippen LogP contribution in [0.1, 0.15) is 37.5 Å². The third-order valence-corrected chi connectivity index (χ3v) is 7.02. The lowest BCUT2D eigenvalue weighted by Crippen LogP contribution is -2.38. The zero-order valence-corrected chi connectivity index (χ0v) is 13.0. The molecule has 0 amide bonds. The molecule has 0 aliphatic carbocycles. The molecule has 1 aliphatic heterocycles. The predicted octanol–water partition coefficient (Wildman–Crippen LogP) is 2.54. The van der Waals surface area contributed by atoms with Gasteiger partial charge in [0, 0.05) is 11.4 Å². The molecule has 0 aromatic carbocycles. The van der Waals surface area contributed by atoms with Gasteiger partial charge in [0.15, 0.2) is 0 Å². The van der Waals surface area contributed by atoms with Crippen LogP contribution in [0.15, 0.2) is 21.3 Å². The van der Waals surface area contributed by atoms with Gasteiger partial charge < -0.3 is 0 Å². The summed E-state index contributed by atoms with van der Waals surface area (Å²) in [7, 11) is -3.57. The maximum atomic E-state index is 12.7. The van der Waals surface area contributed by atoms with Crippen LogP contribution >= 0.6 is 11.3 Å². The molecule has 5 nitrogen and oxygen atoms in total. The minimum atomic E-state index is -3.57. The van der Waals surface area contributed by atoms with Crippen molar-refractivity contribution in [1.82, 2.24) is 4.31 Å². The summed E-state index contributed by atoms with van der Waals surface area (Å²) in [6, 6.07) is 3.48. The fourth-order valence-corrected chi connectivity index (χ4v) is 5.35. The van der Waals surface area contributed by atoms with Crippen LogP contribution in [0, 0.1) is 0 Å². The molecule has 1 fully saturated rings. The Balaban J connectivity index is 2.35. The van der Waals surface area contributed by atoms with Crippen molar-refractivity contribution in [3.05, 3.63) is 17.0 Å². The van der Waals surface area contributed by atoms with E-state index in [2.05, 4.69) is 4.99 Å². The Hall–Kier alpha value is -1.01. The van der Waals surface area contributed by atoms with Gasteiger partial charge in [-0.15, -0.1) is 11.3 Å². The fraction of sp³-hybridized carbons (Fsp3) is 0.615. The van der Waals surface area contributed by atoms with Crippen LogP contribution in [0.5, 0.6) is 0 Å². The molecular weight excluding hydrogens is 296 g/mol. The van der Waals surface area contributed by atoms with Gasteiger partial charge in [-0.2, -0.15) is 9.30 Å². The molecule has 7 heteroatoms. The second-order valence-electron chi connectivity index (χ2n) is 4.74. The first-order valence-electron chi connectivity index (χ1n) is 6.77. The standard InChI is InChI=1S/C13H18N2O3S2/c1-2-11-7-8-13(19-11)20(17,18)15-9-5-3-4-6-12(15)14-10-16/h7-8,12H,2-6,9H2,1H3. The average Bonchev–Trinajstić information content (AvgIpc) is 2.80. The number of hydrogen-bond donors (Lipinski definition) is 0. The van der Waals surface area contributed by atoms with E-state index in [-0.39, 0.29) is 0 Å². The molecule has 0 N–H and O–H groups in total. The van der Waals surface area contributed by atoms with Crippen LogP contribution in [-0.4, -0.2) is 31.5 Å². The lowest BCUT2D eigenvalue weighted by Gasteiger charge is -2.24. The molecule has 0 saturated carbocycles. The number of hydrogen-bond acceptors (Lipinski definition) is 5. The largest absolute Gasteiger partial charge is 0.254 e. The van der Waals surface area contributed by atoms with Gasteiger partial charge in [-0.05, 0) is 37.8 Å². The van der Waals surface area contributed by atoms with Crippen LogP contribution in [0.2, 0.25) is 0 Å². The lowest BCUT2D eigenvalue weighted by atomic mass is 10.2. The molecule has 110 valence electrons. The predicted molar refractivity (Wildman–Crippen MR) is 78.0 cm³/mol. The van der Waals surface area contributed by atoms with Crippen molar-refractivity contribution in [2.45, 2.75) is 49.4 Å². The quantitative estimate of drug-likeness (QED) is 0.633. The van der Waals surface area contributed by atoms with Crippen molar-refractivity contribution < 1.29 is 13.2 Å². The Morgan fingerprint density at radius 3 is 2.85 bits per heavy atom. The van der Waals surface area contributed by atoms with E-state index >= 15 is 0 Å². The van der Waals surface area contributed by atoms with Crippen molar-refractivity contribution in [2.24, 2.45) is 4.99 Å². The van der Waals surface area contributed by atoms with Gasteiger partial charge in [-0.25, -0.2) is 13.2 Å². The third-order valence-electron chi connectivity index (χ3n) is 3.42. The molecule has 1 aromatic heterocycles. The molecule has 2 rings (SSSR count). The highest BCUT2D eigenvalue weighted by Gasteiger charge is 2.33. The summed E-state index contributed by atoms with van der Waals surface area (Å²) < 4.78 is 27.1. The molecule has 1 saturated heterocycles. The molecule has 0 bridgehead atoms. The molecule has 1 atom stereocenters. The average molecular weight is 314 g/mol. The number of thiophene rings is 1. The molecule has 1 aliphatic rings. The van der Waals surface area contributed by atoms with E-state index in [9.17, 15) is 13.2 Å². The maximum absolute atomic E-state index is 12.7. The summed E-state index contributed by atoms with van der Waals surface area (Å²) in [5, 5.41) is 0. The third kappa shape index (κ3) is 3.17.